The normalized spacial score (nSPS) is 11.4. The maximum absolute atomic E-state index is 13.1. The van der Waals surface area contributed by atoms with Crippen LogP contribution in [0.4, 0.5) is 0 Å². The molecule has 4 nitrogen and oxygen atoms in total. The van der Waals surface area contributed by atoms with Crippen LogP contribution in [0.1, 0.15) is 11.1 Å². The molecule has 136 valence electrons. The standard InChI is InChI=1S/C22H19NO3S/c24-22(17-16-19-10-4-1-5-11-19)23(18-20-12-6-2-7-13-20)27(25,26)21-14-8-3-9-15-21/h1-17H,18H2/b17-16+. The SMILES string of the molecule is O=C(/C=C/c1ccccc1)N(Cc1ccccc1)S(=O)(=O)c1ccccc1. The van der Waals surface area contributed by atoms with Crippen molar-refractivity contribution in [1.82, 2.24) is 4.31 Å². The average molecular weight is 377 g/mol. The van der Waals surface area contributed by atoms with Crippen molar-refractivity contribution in [2.75, 3.05) is 0 Å². The van der Waals surface area contributed by atoms with Gasteiger partial charge in [-0.1, -0.05) is 78.9 Å². The highest BCUT2D eigenvalue weighted by Crippen LogP contribution is 2.19. The largest absolute Gasteiger partial charge is 0.269 e. The summed E-state index contributed by atoms with van der Waals surface area (Å²) < 4.78 is 27.0. The van der Waals surface area contributed by atoms with E-state index in [0.29, 0.717) is 0 Å². The van der Waals surface area contributed by atoms with Gasteiger partial charge in [0.1, 0.15) is 0 Å². The van der Waals surface area contributed by atoms with Gasteiger partial charge in [0.05, 0.1) is 11.4 Å². The summed E-state index contributed by atoms with van der Waals surface area (Å²) in [4.78, 5) is 12.9. The molecule has 0 spiro atoms. The van der Waals surface area contributed by atoms with Gasteiger partial charge in [-0.3, -0.25) is 4.79 Å². The summed E-state index contributed by atoms with van der Waals surface area (Å²) >= 11 is 0. The third-order valence-corrected chi connectivity index (χ3v) is 5.72. The fraction of sp³-hybridized carbons (Fsp3) is 0.0455. The van der Waals surface area contributed by atoms with Crippen LogP contribution in [0.15, 0.2) is 102 Å². The second kappa shape index (κ2) is 8.47. The van der Waals surface area contributed by atoms with E-state index in [2.05, 4.69) is 0 Å². The van der Waals surface area contributed by atoms with Crippen LogP contribution in [-0.4, -0.2) is 18.6 Å². The molecule has 0 radical (unpaired) electrons. The van der Waals surface area contributed by atoms with Gasteiger partial charge >= 0.3 is 0 Å². The molecule has 0 bridgehead atoms. The van der Waals surface area contributed by atoms with Crippen LogP contribution in [0.2, 0.25) is 0 Å². The number of carbonyl (C=O) groups is 1. The summed E-state index contributed by atoms with van der Waals surface area (Å²) in [5.74, 6) is -0.591. The van der Waals surface area contributed by atoms with E-state index in [1.807, 2.05) is 48.5 Å². The zero-order valence-electron chi connectivity index (χ0n) is 14.6. The molecule has 0 fully saturated rings. The van der Waals surface area contributed by atoms with Gasteiger partial charge in [-0.25, -0.2) is 12.7 Å². The lowest BCUT2D eigenvalue weighted by Gasteiger charge is -2.21. The van der Waals surface area contributed by atoms with Gasteiger partial charge < -0.3 is 0 Å². The van der Waals surface area contributed by atoms with Crippen molar-refractivity contribution < 1.29 is 13.2 Å². The highest BCUT2D eigenvalue weighted by molar-refractivity contribution is 7.89. The van der Waals surface area contributed by atoms with E-state index in [9.17, 15) is 13.2 Å². The van der Waals surface area contributed by atoms with Crippen LogP contribution in [0.3, 0.4) is 0 Å². The fourth-order valence-electron chi connectivity index (χ4n) is 2.57. The minimum atomic E-state index is -3.97. The molecule has 5 heteroatoms. The van der Waals surface area contributed by atoms with Crippen LogP contribution in [0.5, 0.6) is 0 Å². The number of benzene rings is 3. The first kappa shape index (κ1) is 18.6. The van der Waals surface area contributed by atoms with E-state index in [1.54, 1.807) is 36.4 Å². The predicted octanol–water partition coefficient (Wildman–Crippen LogP) is 4.12. The Balaban J connectivity index is 1.94. The first-order valence-electron chi connectivity index (χ1n) is 8.46. The van der Waals surface area contributed by atoms with Crippen molar-refractivity contribution in [1.29, 1.82) is 0 Å². The molecule has 0 heterocycles. The van der Waals surface area contributed by atoms with Crippen molar-refractivity contribution in [3.63, 3.8) is 0 Å². The molecular formula is C22H19NO3S. The maximum atomic E-state index is 13.1. The highest BCUT2D eigenvalue weighted by atomic mass is 32.2. The fourth-order valence-corrected chi connectivity index (χ4v) is 3.94. The minimum Gasteiger partial charge on any atom is -0.269 e. The molecule has 0 N–H and O–H groups in total. The van der Waals surface area contributed by atoms with Gasteiger partial charge in [0.2, 0.25) is 0 Å². The molecule has 0 saturated carbocycles. The Morgan fingerprint density at radius 2 is 1.30 bits per heavy atom. The molecule has 0 unspecified atom stereocenters. The van der Waals surface area contributed by atoms with Gasteiger partial charge in [0, 0.05) is 6.08 Å². The minimum absolute atomic E-state index is 0.0317. The summed E-state index contributed by atoms with van der Waals surface area (Å²) in [6.07, 6.45) is 2.90. The zero-order valence-corrected chi connectivity index (χ0v) is 15.4. The van der Waals surface area contributed by atoms with Gasteiger partial charge in [-0.15, -0.1) is 0 Å². The number of hydrogen-bond donors (Lipinski definition) is 0. The van der Waals surface area contributed by atoms with Crippen molar-refractivity contribution in [2.45, 2.75) is 11.4 Å². The van der Waals surface area contributed by atoms with E-state index in [-0.39, 0.29) is 11.4 Å². The number of nitrogens with zero attached hydrogens (tertiary/aromatic N) is 1. The average Bonchev–Trinajstić information content (AvgIpc) is 2.72. The van der Waals surface area contributed by atoms with Gasteiger partial charge in [-0.05, 0) is 29.3 Å². The lowest BCUT2D eigenvalue weighted by molar-refractivity contribution is -0.121. The first-order valence-corrected chi connectivity index (χ1v) is 9.90. The van der Waals surface area contributed by atoms with E-state index < -0.39 is 15.9 Å². The molecule has 0 atom stereocenters. The molecular weight excluding hydrogens is 358 g/mol. The molecule has 0 aliphatic rings. The third kappa shape index (κ3) is 4.71. The third-order valence-electron chi connectivity index (χ3n) is 3.96. The molecule has 0 aliphatic heterocycles. The summed E-state index contributed by atoms with van der Waals surface area (Å²) in [7, 11) is -3.97. The second-order valence-corrected chi connectivity index (χ2v) is 7.75. The lowest BCUT2D eigenvalue weighted by atomic mass is 10.2. The van der Waals surface area contributed by atoms with Gasteiger partial charge in [-0.2, -0.15) is 0 Å². The topological polar surface area (TPSA) is 54.5 Å². The van der Waals surface area contributed by atoms with Crippen molar-refractivity contribution in [3.8, 4) is 0 Å². The quantitative estimate of drug-likeness (QED) is 0.607. The lowest BCUT2D eigenvalue weighted by Crippen LogP contribution is -2.35. The first-order chi connectivity index (χ1) is 13.1. The van der Waals surface area contributed by atoms with Crippen LogP contribution in [0, 0.1) is 0 Å². The van der Waals surface area contributed by atoms with Crippen molar-refractivity contribution >= 4 is 22.0 Å². The zero-order chi connectivity index (χ0) is 19.1. The molecule has 0 aliphatic carbocycles. The van der Waals surface area contributed by atoms with Crippen LogP contribution < -0.4 is 0 Å². The molecule has 0 aromatic heterocycles. The van der Waals surface area contributed by atoms with Crippen LogP contribution >= 0.6 is 0 Å². The molecule has 1 amide bonds. The summed E-state index contributed by atoms with van der Waals surface area (Å²) in [5.41, 5.74) is 1.56. The number of hydrogen-bond acceptors (Lipinski definition) is 3. The number of amides is 1. The highest BCUT2D eigenvalue weighted by Gasteiger charge is 2.27. The second-order valence-electron chi connectivity index (χ2n) is 5.89. The Hall–Kier alpha value is -3.18. The van der Waals surface area contributed by atoms with E-state index >= 15 is 0 Å². The Labute approximate surface area is 159 Å². The molecule has 0 saturated heterocycles. The molecule has 3 rings (SSSR count). The molecule has 27 heavy (non-hydrogen) atoms. The summed E-state index contributed by atoms with van der Waals surface area (Å²) in [6.45, 7) is -0.0317. The smallest absolute Gasteiger partial charge is 0.267 e. The van der Waals surface area contributed by atoms with E-state index in [4.69, 9.17) is 0 Å². The predicted molar refractivity (Wildman–Crippen MR) is 106 cm³/mol. The van der Waals surface area contributed by atoms with Crippen molar-refractivity contribution in [2.24, 2.45) is 0 Å². The summed E-state index contributed by atoms with van der Waals surface area (Å²) in [5, 5.41) is 0. The van der Waals surface area contributed by atoms with Gasteiger partial charge in [0.15, 0.2) is 0 Å². The van der Waals surface area contributed by atoms with E-state index in [0.717, 1.165) is 15.4 Å². The number of sulfonamides is 1. The molecule has 3 aromatic carbocycles. The molecule has 3 aromatic rings. The van der Waals surface area contributed by atoms with Crippen LogP contribution in [-0.2, 0) is 21.4 Å². The Morgan fingerprint density at radius 1 is 0.778 bits per heavy atom. The van der Waals surface area contributed by atoms with Crippen molar-refractivity contribution in [3.05, 3.63) is 108 Å². The van der Waals surface area contributed by atoms with Crippen LogP contribution in [0.25, 0.3) is 6.08 Å². The Kier molecular flexibility index (Phi) is 5.84. The number of rotatable bonds is 6. The monoisotopic (exact) mass is 377 g/mol. The Bertz CT molecular complexity index is 1010. The Morgan fingerprint density at radius 3 is 1.89 bits per heavy atom. The van der Waals surface area contributed by atoms with Gasteiger partial charge in [0.25, 0.3) is 15.9 Å². The number of carbonyl (C=O) groups excluding carboxylic acids is 1. The summed E-state index contributed by atoms with van der Waals surface area (Å²) in [6, 6.07) is 26.3. The maximum Gasteiger partial charge on any atom is 0.267 e. The van der Waals surface area contributed by atoms with E-state index in [1.165, 1.54) is 18.2 Å².